The Morgan fingerprint density at radius 3 is 2.47 bits per heavy atom. The zero-order valence-electron chi connectivity index (χ0n) is 12.3. The highest BCUT2D eigenvalue weighted by molar-refractivity contribution is 7.85. The van der Waals surface area contributed by atoms with Gasteiger partial charge in [0.2, 0.25) is 0 Å². The Morgan fingerprint density at radius 2 is 1.89 bits per heavy atom. The molecule has 19 heavy (non-hydrogen) atoms. The zero-order valence-corrected chi connectivity index (χ0v) is 13.2. The Hall–Kier alpha value is -0.670. The second kappa shape index (κ2) is 5.76. The van der Waals surface area contributed by atoms with Crippen LogP contribution in [0.5, 0.6) is 0 Å². The summed E-state index contributed by atoms with van der Waals surface area (Å²) in [6.07, 6.45) is 2.13. The van der Waals surface area contributed by atoms with Gasteiger partial charge in [-0.15, -0.1) is 0 Å². The third kappa shape index (κ3) is 3.09. The number of hydrogen-bond donors (Lipinski definition) is 1. The predicted octanol–water partition coefficient (Wildman–Crippen LogP) is 3.17. The first-order valence-corrected chi connectivity index (χ1v) is 8.35. The number of rotatable bonds is 2. The minimum atomic E-state index is -0.990. The molecule has 2 nitrogen and oxygen atoms in total. The normalized spacial score (nSPS) is 33.1. The van der Waals surface area contributed by atoms with Gasteiger partial charge >= 0.3 is 0 Å². The molecular formula is C16H25NOS. The molecule has 1 aliphatic rings. The minimum Gasteiger partial charge on any atom is -0.327 e. The van der Waals surface area contributed by atoms with Crippen LogP contribution < -0.4 is 5.73 Å². The Morgan fingerprint density at radius 1 is 1.21 bits per heavy atom. The van der Waals surface area contributed by atoms with Crippen molar-refractivity contribution in [1.82, 2.24) is 0 Å². The first kappa shape index (κ1) is 14.7. The van der Waals surface area contributed by atoms with E-state index < -0.39 is 10.8 Å². The fourth-order valence-corrected chi connectivity index (χ4v) is 5.26. The first-order chi connectivity index (χ1) is 8.90. The van der Waals surface area contributed by atoms with Gasteiger partial charge in [0.05, 0.1) is 16.0 Å². The number of benzene rings is 1. The lowest BCUT2D eigenvalue weighted by atomic mass is 9.80. The molecule has 3 heteroatoms. The smallest absolute Gasteiger partial charge is 0.0581 e. The molecule has 5 atom stereocenters. The molecule has 1 aromatic rings. The predicted molar refractivity (Wildman–Crippen MR) is 81.6 cm³/mol. The van der Waals surface area contributed by atoms with Crippen LogP contribution in [0.2, 0.25) is 0 Å². The van der Waals surface area contributed by atoms with E-state index in [1.165, 1.54) is 5.56 Å². The van der Waals surface area contributed by atoms with E-state index in [4.69, 9.17) is 5.73 Å². The lowest BCUT2D eigenvalue weighted by Gasteiger charge is -2.37. The van der Waals surface area contributed by atoms with Crippen LogP contribution in [0, 0.1) is 25.7 Å². The van der Waals surface area contributed by atoms with Gasteiger partial charge in [0, 0.05) is 10.9 Å². The topological polar surface area (TPSA) is 43.1 Å². The first-order valence-electron chi connectivity index (χ1n) is 7.13. The Kier molecular flexibility index (Phi) is 4.46. The average Bonchev–Trinajstić information content (AvgIpc) is 2.26. The largest absolute Gasteiger partial charge is 0.327 e. The molecule has 2 N–H and O–H groups in total. The summed E-state index contributed by atoms with van der Waals surface area (Å²) in [5.41, 5.74) is 8.62. The van der Waals surface area contributed by atoms with Crippen molar-refractivity contribution in [1.29, 1.82) is 0 Å². The summed E-state index contributed by atoms with van der Waals surface area (Å²) in [7, 11) is -0.990. The van der Waals surface area contributed by atoms with E-state index in [1.54, 1.807) is 0 Å². The molecule has 5 unspecified atom stereocenters. The highest BCUT2D eigenvalue weighted by Gasteiger charge is 2.36. The van der Waals surface area contributed by atoms with Gasteiger partial charge in [-0.2, -0.15) is 0 Å². The maximum Gasteiger partial charge on any atom is 0.0581 e. The molecule has 0 aromatic heterocycles. The molecule has 106 valence electrons. The summed E-state index contributed by atoms with van der Waals surface area (Å²) in [4.78, 5) is 0.965. The van der Waals surface area contributed by atoms with Gasteiger partial charge in [0.1, 0.15) is 0 Å². The van der Waals surface area contributed by atoms with E-state index in [-0.39, 0.29) is 11.3 Å². The summed E-state index contributed by atoms with van der Waals surface area (Å²) in [6.45, 7) is 8.55. The molecule has 1 fully saturated rings. The van der Waals surface area contributed by atoms with Crippen molar-refractivity contribution in [3.63, 3.8) is 0 Å². The van der Waals surface area contributed by atoms with Crippen LogP contribution in [0.15, 0.2) is 23.1 Å². The van der Waals surface area contributed by atoms with E-state index in [0.717, 1.165) is 23.3 Å². The lowest BCUT2D eigenvalue weighted by molar-refractivity contribution is 0.275. The molecule has 1 aliphatic carbocycles. The minimum absolute atomic E-state index is 0.0558. The third-order valence-corrected chi connectivity index (χ3v) is 6.43. The van der Waals surface area contributed by atoms with Gasteiger partial charge < -0.3 is 5.73 Å². The maximum absolute atomic E-state index is 12.9. The molecular weight excluding hydrogens is 254 g/mol. The monoisotopic (exact) mass is 279 g/mol. The standard InChI is InChI=1S/C16H25NOS/c1-10-5-6-15(12(3)7-10)19(18)16-13(4)8-11(2)9-14(16)17/h5-7,11,13-14,16H,8-9,17H2,1-4H3. The third-order valence-electron chi connectivity index (χ3n) is 4.23. The highest BCUT2D eigenvalue weighted by atomic mass is 32.2. The molecule has 0 amide bonds. The highest BCUT2D eigenvalue weighted by Crippen LogP contribution is 2.34. The summed E-state index contributed by atoms with van der Waals surface area (Å²) in [5, 5.41) is 0.0950. The molecule has 0 heterocycles. The van der Waals surface area contributed by atoms with E-state index in [9.17, 15) is 4.21 Å². The van der Waals surface area contributed by atoms with E-state index in [2.05, 4.69) is 26.8 Å². The molecule has 0 aliphatic heterocycles. The van der Waals surface area contributed by atoms with Gasteiger partial charge in [-0.3, -0.25) is 4.21 Å². The van der Waals surface area contributed by atoms with Crippen LogP contribution in [-0.2, 0) is 10.8 Å². The van der Waals surface area contributed by atoms with Crippen molar-refractivity contribution < 1.29 is 4.21 Å². The van der Waals surface area contributed by atoms with Gasteiger partial charge in [-0.25, -0.2) is 0 Å². The quantitative estimate of drug-likeness (QED) is 0.903. The van der Waals surface area contributed by atoms with Gasteiger partial charge in [-0.05, 0) is 50.2 Å². The summed E-state index contributed by atoms with van der Waals surface area (Å²) in [5.74, 6) is 1.08. The van der Waals surface area contributed by atoms with Crippen molar-refractivity contribution in [2.75, 3.05) is 0 Å². The Labute approximate surface area is 119 Å². The van der Waals surface area contributed by atoms with Crippen molar-refractivity contribution >= 4 is 10.8 Å². The van der Waals surface area contributed by atoms with E-state index in [1.807, 2.05) is 19.1 Å². The van der Waals surface area contributed by atoms with Crippen LogP contribution in [0.1, 0.15) is 37.8 Å². The summed E-state index contributed by atoms with van der Waals surface area (Å²) >= 11 is 0. The van der Waals surface area contributed by atoms with Gasteiger partial charge in [0.15, 0.2) is 0 Å². The molecule has 0 bridgehead atoms. The molecule has 1 aromatic carbocycles. The Balaban J connectivity index is 2.28. The fourth-order valence-electron chi connectivity index (χ4n) is 3.43. The van der Waals surface area contributed by atoms with E-state index in [0.29, 0.717) is 11.8 Å². The van der Waals surface area contributed by atoms with Crippen molar-refractivity contribution in [3.05, 3.63) is 29.3 Å². The number of nitrogens with two attached hydrogens (primary N) is 1. The fraction of sp³-hybridized carbons (Fsp3) is 0.625. The van der Waals surface area contributed by atoms with Crippen molar-refractivity contribution in [3.8, 4) is 0 Å². The lowest BCUT2D eigenvalue weighted by Crippen LogP contribution is -2.47. The van der Waals surface area contributed by atoms with Crippen molar-refractivity contribution in [2.45, 2.75) is 56.7 Å². The number of hydrogen-bond acceptors (Lipinski definition) is 2. The van der Waals surface area contributed by atoms with Gasteiger partial charge in [-0.1, -0.05) is 31.5 Å². The van der Waals surface area contributed by atoms with Crippen LogP contribution in [-0.4, -0.2) is 15.5 Å². The molecule has 1 saturated carbocycles. The molecule has 0 saturated heterocycles. The summed E-state index contributed by atoms with van der Waals surface area (Å²) < 4.78 is 12.9. The maximum atomic E-state index is 12.9. The average molecular weight is 279 g/mol. The van der Waals surface area contributed by atoms with Crippen molar-refractivity contribution in [2.24, 2.45) is 17.6 Å². The summed E-state index contributed by atoms with van der Waals surface area (Å²) in [6, 6.07) is 6.22. The van der Waals surface area contributed by atoms with Crippen LogP contribution in [0.25, 0.3) is 0 Å². The van der Waals surface area contributed by atoms with Crippen LogP contribution >= 0.6 is 0 Å². The van der Waals surface area contributed by atoms with Crippen LogP contribution in [0.3, 0.4) is 0 Å². The van der Waals surface area contributed by atoms with Gasteiger partial charge in [0.25, 0.3) is 0 Å². The van der Waals surface area contributed by atoms with Crippen LogP contribution in [0.4, 0.5) is 0 Å². The second-order valence-corrected chi connectivity index (χ2v) is 7.83. The number of aryl methyl sites for hydroxylation is 2. The Bertz CT molecular complexity index is 474. The molecule has 2 rings (SSSR count). The molecule has 0 spiro atoms. The SMILES string of the molecule is Cc1ccc(S(=O)C2C(C)CC(C)CC2N)c(C)c1. The molecule has 0 radical (unpaired) electrons. The van der Waals surface area contributed by atoms with E-state index >= 15 is 0 Å². The second-order valence-electron chi connectivity index (χ2n) is 6.25. The zero-order chi connectivity index (χ0) is 14.2.